The lowest BCUT2D eigenvalue weighted by molar-refractivity contribution is 0.324. The van der Waals surface area contributed by atoms with Crippen molar-refractivity contribution < 1.29 is 22.6 Å². The van der Waals surface area contributed by atoms with E-state index in [2.05, 4.69) is 30.0 Å². The maximum atomic E-state index is 11.7. The van der Waals surface area contributed by atoms with Crippen LogP contribution in [0.5, 0.6) is 17.2 Å². The van der Waals surface area contributed by atoms with Crippen LogP contribution in [-0.2, 0) is 16.8 Å². The molecule has 11 nitrogen and oxygen atoms in total. The molecule has 0 aliphatic rings. The van der Waals surface area contributed by atoms with Crippen LogP contribution in [0.15, 0.2) is 42.6 Å². The summed E-state index contributed by atoms with van der Waals surface area (Å²) in [5.74, 6) is 2.11. The Morgan fingerprint density at radius 1 is 0.914 bits per heavy atom. The molecule has 3 aromatic rings. The smallest absolute Gasteiger partial charge is 0.277 e. The number of hydrogen-bond acceptors (Lipinski definition) is 9. The predicted molar refractivity (Wildman–Crippen MR) is 136 cm³/mol. The molecule has 0 saturated heterocycles. The van der Waals surface area contributed by atoms with E-state index in [4.69, 9.17) is 25.8 Å². The van der Waals surface area contributed by atoms with Crippen molar-refractivity contribution in [2.75, 3.05) is 38.5 Å². The average Bonchev–Trinajstić information content (AvgIpc) is 2.85. The summed E-state index contributed by atoms with van der Waals surface area (Å²) >= 11 is 6.29. The van der Waals surface area contributed by atoms with Crippen LogP contribution in [0.2, 0.25) is 5.02 Å². The molecule has 0 aliphatic heterocycles. The molecule has 1 aromatic heterocycles. The summed E-state index contributed by atoms with van der Waals surface area (Å²) in [4.78, 5) is 8.68. The molecule has 4 N–H and O–H groups in total. The van der Waals surface area contributed by atoms with E-state index in [1.54, 1.807) is 43.3 Å². The van der Waals surface area contributed by atoms with Gasteiger partial charge >= 0.3 is 0 Å². The van der Waals surface area contributed by atoms with E-state index in [1.807, 2.05) is 0 Å². The quantitative estimate of drug-likeness (QED) is 0.281. The lowest BCUT2D eigenvalue weighted by Gasteiger charge is -2.15. The van der Waals surface area contributed by atoms with Gasteiger partial charge in [-0.15, -0.1) is 0 Å². The van der Waals surface area contributed by atoms with Crippen molar-refractivity contribution in [3.63, 3.8) is 0 Å². The van der Waals surface area contributed by atoms with Crippen LogP contribution in [0.1, 0.15) is 12.5 Å². The first-order valence-corrected chi connectivity index (χ1v) is 12.3. The minimum absolute atomic E-state index is 0.159. The maximum Gasteiger partial charge on any atom is 0.277 e. The van der Waals surface area contributed by atoms with Gasteiger partial charge in [0, 0.05) is 36.6 Å². The number of ether oxygens (including phenoxy) is 3. The van der Waals surface area contributed by atoms with Crippen molar-refractivity contribution in [2.24, 2.45) is 0 Å². The molecule has 0 saturated carbocycles. The van der Waals surface area contributed by atoms with Crippen LogP contribution in [0, 0.1) is 0 Å². The van der Waals surface area contributed by atoms with Crippen molar-refractivity contribution in [1.29, 1.82) is 0 Å². The zero-order chi connectivity index (χ0) is 25.4. The van der Waals surface area contributed by atoms with E-state index in [1.165, 1.54) is 27.5 Å². The number of benzene rings is 2. The van der Waals surface area contributed by atoms with Crippen molar-refractivity contribution in [3.8, 4) is 17.2 Å². The van der Waals surface area contributed by atoms with E-state index in [-0.39, 0.29) is 6.54 Å². The molecule has 0 aliphatic carbocycles. The summed E-state index contributed by atoms with van der Waals surface area (Å²) in [5, 5.41) is 6.56. The zero-order valence-electron chi connectivity index (χ0n) is 19.7. The van der Waals surface area contributed by atoms with Crippen molar-refractivity contribution in [2.45, 2.75) is 13.5 Å². The van der Waals surface area contributed by atoms with Crippen LogP contribution < -0.4 is 34.3 Å². The molecular formula is C22H27ClN6O5S. The lowest BCUT2D eigenvalue weighted by Crippen LogP contribution is -2.35. The number of anilines is 4. The maximum absolute atomic E-state index is 11.7. The Morgan fingerprint density at radius 3 is 2.14 bits per heavy atom. The second-order valence-corrected chi connectivity index (χ2v) is 9.06. The van der Waals surface area contributed by atoms with Crippen LogP contribution in [-0.4, -0.2) is 46.3 Å². The van der Waals surface area contributed by atoms with Gasteiger partial charge in [0.25, 0.3) is 10.2 Å². The minimum atomic E-state index is -3.52. The molecule has 0 atom stereocenters. The van der Waals surface area contributed by atoms with Gasteiger partial charge in [-0.3, -0.25) is 0 Å². The van der Waals surface area contributed by atoms with Crippen LogP contribution >= 0.6 is 11.6 Å². The van der Waals surface area contributed by atoms with Crippen LogP contribution in [0.4, 0.5) is 23.1 Å². The highest BCUT2D eigenvalue weighted by Gasteiger charge is 2.15. The molecule has 0 radical (unpaired) electrons. The third kappa shape index (κ3) is 7.09. The molecule has 2 aromatic carbocycles. The van der Waals surface area contributed by atoms with Gasteiger partial charge in [-0.1, -0.05) is 30.7 Å². The molecule has 0 unspecified atom stereocenters. The Hall–Kier alpha value is -3.32. The first kappa shape index (κ1) is 26.3. The monoisotopic (exact) mass is 522 g/mol. The van der Waals surface area contributed by atoms with E-state index < -0.39 is 10.2 Å². The van der Waals surface area contributed by atoms with E-state index in [9.17, 15) is 8.42 Å². The van der Waals surface area contributed by atoms with Crippen LogP contribution in [0.3, 0.4) is 0 Å². The van der Waals surface area contributed by atoms with E-state index in [0.717, 1.165) is 5.56 Å². The Kier molecular flexibility index (Phi) is 8.93. The van der Waals surface area contributed by atoms with Gasteiger partial charge in [0.1, 0.15) is 5.02 Å². The van der Waals surface area contributed by atoms with Gasteiger partial charge in [-0.05, 0) is 17.7 Å². The highest BCUT2D eigenvalue weighted by atomic mass is 35.5. The molecule has 0 fully saturated rings. The summed E-state index contributed by atoms with van der Waals surface area (Å²) in [5.41, 5.74) is 2.12. The second-order valence-electron chi connectivity index (χ2n) is 7.07. The fraction of sp³-hybridized carbons (Fsp3) is 0.273. The van der Waals surface area contributed by atoms with Gasteiger partial charge in [-0.25, -0.2) is 9.71 Å². The normalized spacial score (nSPS) is 11.1. The molecule has 0 bridgehead atoms. The van der Waals surface area contributed by atoms with Gasteiger partial charge in [-0.2, -0.15) is 18.1 Å². The number of hydrogen-bond donors (Lipinski definition) is 4. The van der Waals surface area contributed by atoms with Crippen molar-refractivity contribution in [3.05, 3.63) is 53.2 Å². The first-order chi connectivity index (χ1) is 16.8. The average molecular weight is 523 g/mol. The van der Waals surface area contributed by atoms with Crippen LogP contribution in [0.25, 0.3) is 0 Å². The Bertz CT molecular complexity index is 1230. The Balaban J connectivity index is 1.73. The largest absolute Gasteiger partial charge is 0.493 e. The molecule has 188 valence electrons. The number of methoxy groups -OCH3 is 3. The van der Waals surface area contributed by atoms with Gasteiger partial charge in [0.2, 0.25) is 11.7 Å². The number of nitrogens with zero attached hydrogens (tertiary/aromatic N) is 2. The SMILES string of the molecule is CCNS(=O)(=O)NCc1ccc(Nc2nc(Nc3cc(OC)c(OC)c(OC)c3)ncc2Cl)cc1. The molecule has 0 amide bonds. The minimum Gasteiger partial charge on any atom is -0.493 e. The lowest BCUT2D eigenvalue weighted by atomic mass is 10.2. The number of aromatic nitrogens is 2. The summed E-state index contributed by atoms with van der Waals surface area (Å²) in [6.45, 7) is 2.19. The molecule has 13 heteroatoms. The number of halogens is 1. The number of nitrogens with one attached hydrogen (secondary N) is 4. The molecule has 3 rings (SSSR count). The molecule has 1 heterocycles. The number of rotatable bonds is 12. The third-order valence-corrected chi connectivity index (χ3v) is 6.15. The summed E-state index contributed by atoms with van der Waals surface area (Å²) < 4.78 is 44.4. The standard InChI is InChI=1S/C22H27ClN6O5S/c1-5-25-35(30,31)26-12-14-6-8-15(9-7-14)27-21-17(23)13-24-22(29-21)28-16-10-18(32-2)20(34-4)19(11-16)33-3/h6-11,13,25-26H,5,12H2,1-4H3,(H2,24,27,28,29). The van der Waals surface area contributed by atoms with Crippen molar-refractivity contribution >= 4 is 45.0 Å². The third-order valence-electron chi connectivity index (χ3n) is 4.68. The summed E-state index contributed by atoms with van der Waals surface area (Å²) in [7, 11) is 1.08. The van der Waals surface area contributed by atoms with E-state index in [0.29, 0.717) is 52.0 Å². The van der Waals surface area contributed by atoms with Gasteiger partial charge in [0.05, 0.1) is 27.5 Å². The second kappa shape index (κ2) is 11.9. The summed E-state index contributed by atoms with van der Waals surface area (Å²) in [6.07, 6.45) is 1.47. The predicted octanol–water partition coefficient (Wildman–Crippen LogP) is 3.59. The Labute approximate surface area is 209 Å². The van der Waals surface area contributed by atoms with Gasteiger partial charge in [0.15, 0.2) is 17.3 Å². The summed E-state index contributed by atoms with van der Waals surface area (Å²) in [6, 6.07) is 10.6. The molecule has 35 heavy (non-hydrogen) atoms. The highest BCUT2D eigenvalue weighted by Crippen LogP contribution is 2.40. The van der Waals surface area contributed by atoms with Gasteiger partial charge < -0.3 is 24.8 Å². The highest BCUT2D eigenvalue weighted by molar-refractivity contribution is 7.87. The molecular weight excluding hydrogens is 496 g/mol. The van der Waals surface area contributed by atoms with Crippen molar-refractivity contribution in [1.82, 2.24) is 19.4 Å². The fourth-order valence-electron chi connectivity index (χ4n) is 3.06. The first-order valence-electron chi connectivity index (χ1n) is 10.5. The zero-order valence-corrected chi connectivity index (χ0v) is 21.2. The molecule has 0 spiro atoms. The Morgan fingerprint density at radius 2 is 1.57 bits per heavy atom. The topological polar surface area (TPSA) is 136 Å². The fourth-order valence-corrected chi connectivity index (χ4v) is 4.04. The van der Waals surface area contributed by atoms with E-state index >= 15 is 0 Å².